The summed E-state index contributed by atoms with van der Waals surface area (Å²) in [5.74, 6) is 0. The van der Waals surface area contributed by atoms with Crippen molar-refractivity contribution in [2.45, 2.75) is 79.5 Å². The van der Waals surface area contributed by atoms with Gasteiger partial charge in [0, 0.05) is 13.1 Å². The van der Waals surface area contributed by atoms with Gasteiger partial charge in [-0.3, -0.25) is 4.84 Å². The zero-order chi connectivity index (χ0) is 21.9. The van der Waals surface area contributed by atoms with E-state index in [1.54, 1.807) is 11.0 Å². The molecule has 0 aromatic carbocycles. The molecule has 1 N–H and O–H groups in total. The van der Waals surface area contributed by atoms with E-state index in [4.69, 9.17) is 9.57 Å². The van der Waals surface area contributed by atoms with E-state index in [0.29, 0.717) is 13.1 Å². The third-order valence-corrected chi connectivity index (χ3v) is 3.91. The van der Waals surface area contributed by atoms with Crippen molar-refractivity contribution in [3.8, 4) is 0 Å². The fourth-order valence-corrected chi connectivity index (χ4v) is 2.93. The molecule has 0 aromatic rings. The first kappa shape index (κ1) is 26.0. The molecule has 2 atom stereocenters. The van der Waals surface area contributed by atoms with Gasteiger partial charge in [-0.25, -0.2) is 9.59 Å². The van der Waals surface area contributed by atoms with Gasteiger partial charge in [-0.1, -0.05) is 46.8 Å². The number of nitrogens with zero attached hydrogens (tertiary/aromatic N) is 2. The maximum Gasteiger partial charge on any atom is 0.407 e. The largest absolute Gasteiger partial charge is 0.444 e. The third-order valence-electron chi connectivity index (χ3n) is 3.91. The van der Waals surface area contributed by atoms with Gasteiger partial charge in [0.2, 0.25) is 0 Å². The average molecular weight is 398 g/mol. The summed E-state index contributed by atoms with van der Waals surface area (Å²) >= 11 is 0. The lowest BCUT2D eigenvalue weighted by Crippen LogP contribution is -2.48. The Bertz CT molecular complexity index is 540. The Labute approximate surface area is 170 Å². The first-order chi connectivity index (χ1) is 13.3. The summed E-state index contributed by atoms with van der Waals surface area (Å²) in [6.07, 6.45) is 3.99. The summed E-state index contributed by atoms with van der Waals surface area (Å²) in [5, 5.41) is 4.16. The standard InChI is InChI=1S/C17H27N3O4.2C2H6/c1-6-8-23-20-13-9-12(7-2)14(19(11-13)16(20)22)10-18-15(21)24-17(3,4)5;2*1-2/h6,9,13-14H,1,7-8,10-11H2,2-5H3,(H,18,21);2*1-2H3/t13?,14-;;/m1../s1. The summed E-state index contributed by atoms with van der Waals surface area (Å²) in [5.41, 5.74) is 0.560. The van der Waals surface area contributed by atoms with E-state index in [1.165, 1.54) is 5.06 Å². The number of carbonyl (C=O) groups excluding carboxylic acids is 2. The van der Waals surface area contributed by atoms with Crippen LogP contribution in [0, 0.1) is 0 Å². The Balaban J connectivity index is 0.00000171. The van der Waals surface area contributed by atoms with Crippen molar-refractivity contribution in [3.63, 3.8) is 0 Å². The van der Waals surface area contributed by atoms with Crippen molar-refractivity contribution in [3.05, 3.63) is 24.3 Å². The van der Waals surface area contributed by atoms with Crippen molar-refractivity contribution < 1.29 is 19.2 Å². The van der Waals surface area contributed by atoms with Crippen molar-refractivity contribution in [2.24, 2.45) is 0 Å². The highest BCUT2D eigenvalue weighted by atomic mass is 16.7. The topological polar surface area (TPSA) is 71.1 Å². The molecule has 0 spiro atoms. The number of ether oxygens (including phenoxy) is 1. The summed E-state index contributed by atoms with van der Waals surface area (Å²) in [4.78, 5) is 31.7. The maximum absolute atomic E-state index is 12.6. The normalized spacial score (nSPS) is 20.3. The van der Waals surface area contributed by atoms with E-state index in [1.807, 2.05) is 55.4 Å². The fraction of sp³-hybridized carbons (Fsp3) is 0.714. The minimum absolute atomic E-state index is 0.0924. The number of hydrogen-bond donors (Lipinski definition) is 1. The monoisotopic (exact) mass is 397 g/mol. The molecule has 3 amide bonds. The number of carbonyl (C=O) groups is 2. The summed E-state index contributed by atoms with van der Waals surface area (Å²) < 4.78 is 5.26. The molecule has 28 heavy (non-hydrogen) atoms. The maximum atomic E-state index is 12.6. The molecular weight excluding hydrogens is 358 g/mol. The van der Waals surface area contributed by atoms with Crippen LogP contribution in [0.15, 0.2) is 24.3 Å². The second-order valence-corrected chi connectivity index (χ2v) is 6.91. The number of fused-ring (bicyclic) bond motifs is 2. The average Bonchev–Trinajstić information content (AvgIpc) is 2.92. The van der Waals surface area contributed by atoms with Crippen LogP contribution in [0.25, 0.3) is 0 Å². The molecule has 2 rings (SSSR count). The van der Waals surface area contributed by atoms with Gasteiger partial charge in [0.1, 0.15) is 5.60 Å². The van der Waals surface area contributed by atoms with Gasteiger partial charge < -0.3 is 15.0 Å². The number of urea groups is 1. The molecule has 162 valence electrons. The SMILES string of the molecule is C=CCON1C(=O)N2CC1C=C(CC)[C@H]2CNC(=O)OC(C)(C)C.CC.CC. The molecule has 2 heterocycles. The Morgan fingerprint density at radius 2 is 1.93 bits per heavy atom. The molecule has 2 bridgehead atoms. The fourth-order valence-electron chi connectivity index (χ4n) is 2.93. The molecule has 0 radical (unpaired) electrons. The molecule has 7 nitrogen and oxygen atoms in total. The predicted octanol–water partition coefficient (Wildman–Crippen LogP) is 4.51. The lowest BCUT2D eigenvalue weighted by molar-refractivity contribution is -0.107. The van der Waals surface area contributed by atoms with Crippen LogP contribution in [-0.2, 0) is 9.57 Å². The number of rotatable bonds is 6. The lowest BCUT2D eigenvalue weighted by atomic mass is 9.97. The van der Waals surface area contributed by atoms with Gasteiger partial charge in [-0.2, -0.15) is 5.06 Å². The molecule has 7 heteroatoms. The lowest BCUT2D eigenvalue weighted by Gasteiger charge is -2.32. The van der Waals surface area contributed by atoms with Crippen LogP contribution in [0.2, 0.25) is 0 Å². The molecule has 1 saturated heterocycles. The van der Waals surface area contributed by atoms with Gasteiger partial charge in [-0.05, 0) is 32.8 Å². The van der Waals surface area contributed by atoms with Crippen molar-refractivity contribution in [1.82, 2.24) is 15.3 Å². The molecule has 0 aromatic heterocycles. The summed E-state index contributed by atoms with van der Waals surface area (Å²) in [6.45, 7) is 20.2. The van der Waals surface area contributed by atoms with Gasteiger partial charge in [0.05, 0.1) is 18.7 Å². The van der Waals surface area contributed by atoms with Gasteiger partial charge in [-0.15, -0.1) is 6.58 Å². The Hall–Kier alpha value is -2.02. The number of nitrogens with one attached hydrogen (secondary N) is 1. The molecule has 1 fully saturated rings. The number of amides is 3. The first-order valence-electron chi connectivity index (χ1n) is 10.3. The van der Waals surface area contributed by atoms with Crippen LogP contribution < -0.4 is 5.32 Å². The Kier molecular flexibility index (Phi) is 11.5. The van der Waals surface area contributed by atoms with Crippen LogP contribution in [0.3, 0.4) is 0 Å². The van der Waals surface area contributed by atoms with Gasteiger partial charge >= 0.3 is 12.1 Å². The number of hydrogen-bond acceptors (Lipinski definition) is 4. The summed E-state index contributed by atoms with van der Waals surface area (Å²) in [7, 11) is 0. The van der Waals surface area contributed by atoms with E-state index in [2.05, 4.69) is 18.0 Å². The molecule has 2 aliphatic rings. The number of hydroxylamine groups is 2. The van der Waals surface area contributed by atoms with E-state index >= 15 is 0 Å². The van der Waals surface area contributed by atoms with Crippen LogP contribution in [0.4, 0.5) is 9.59 Å². The predicted molar refractivity (Wildman–Crippen MR) is 113 cm³/mol. The molecule has 2 aliphatic heterocycles. The smallest absolute Gasteiger partial charge is 0.407 e. The highest BCUT2D eigenvalue weighted by Gasteiger charge is 2.45. The van der Waals surface area contributed by atoms with Gasteiger partial charge in [0.15, 0.2) is 0 Å². The quantitative estimate of drug-likeness (QED) is 0.670. The zero-order valence-electron chi connectivity index (χ0n) is 18.9. The first-order valence-corrected chi connectivity index (χ1v) is 10.3. The van der Waals surface area contributed by atoms with Gasteiger partial charge in [0.25, 0.3) is 0 Å². The van der Waals surface area contributed by atoms with Crippen molar-refractivity contribution in [2.75, 3.05) is 19.7 Å². The highest BCUT2D eigenvalue weighted by Crippen LogP contribution is 2.30. The highest BCUT2D eigenvalue weighted by molar-refractivity contribution is 5.78. The molecule has 0 saturated carbocycles. The van der Waals surface area contributed by atoms with Crippen LogP contribution >= 0.6 is 0 Å². The van der Waals surface area contributed by atoms with Crippen molar-refractivity contribution in [1.29, 1.82) is 0 Å². The van der Waals surface area contributed by atoms with E-state index < -0.39 is 11.7 Å². The Morgan fingerprint density at radius 3 is 2.43 bits per heavy atom. The summed E-state index contributed by atoms with van der Waals surface area (Å²) in [6, 6.07) is -0.452. The second-order valence-electron chi connectivity index (χ2n) is 6.91. The van der Waals surface area contributed by atoms with E-state index in [-0.39, 0.29) is 24.7 Å². The van der Waals surface area contributed by atoms with Crippen LogP contribution in [0.1, 0.15) is 61.8 Å². The third kappa shape index (κ3) is 7.19. The molecular formula is C21H39N3O4. The molecule has 0 aliphatic carbocycles. The number of alkyl carbamates (subject to hydrolysis) is 1. The van der Waals surface area contributed by atoms with Crippen LogP contribution in [0.5, 0.6) is 0 Å². The molecule has 1 unspecified atom stereocenters. The zero-order valence-corrected chi connectivity index (χ0v) is 18.9. The minimum atomic E-state index is -0.552. The Morgan fingerprint density at radius 1 is 1.32 bits per heavy atom. The minimum Gasteiger partial charge on any atom is -0.444 e. The van der Waals surface area contributed by atoms with Crippen molar-refractivity contribution >= 4 is 12.1 Å². The second kappa shape index (κ2) is 12.4. The van der Waals surface area contributed by atoms with E-state index in [0.717, 1.165) is 12.0 Å². The van der Waals surface area contributed by atoms with E-state index in [9.17, 15) is 9.59 Å². The van der Waals surface area contributed by atoms with Crippen LogP contribution in [-0.4, -0.2) is 59.5 Å².